The first-order valence-corrected chi connectivity index (χ1v) is 32.7. The van der Waals surface area contributed by atoms with Gasteiger partial charge in [0.25, 0.3) is 6.71 Å². The van der Waals surface area contributed by atoms with Gasteiger partial charge < -0.3 is 14.7 Å². The van der Waals surface area contributed by atoms with Gasteiger partial charge in [0.2, 0.25) is 0 Å². The van der Waals surface area contributed by atoms with Gasteiger partial charge in [-0.15, -0.1) is 11.3 Å². The maximum Gasteiger partial charge on any atom is 0.264 e. The fourth-order valence-electron chi connectivity index (χ4n) is 15.5. The van der Waals surface area contributed by atoms with Crippen molar-refractivity contribution < 1.29 is 6.85 Å². The normalized spacial score (nSPS) is 20.2. The number of fused-ring (bicyclic) bond motifs is 9. The monoisotopic (exact) mass is 1150 g/mol. The number of para-hydroxylation sites is 1. The van der Waals surface area contributed by atoms with Crippen molar-refractivity contribution in [1.82, 2.24) is 0 Å². The second-order valence-electron chi connectivity index (χ2n) is 33.6. The van der Waals surface area contributed by atoms with Crippen LogP contribution in [0.25, 0.3) is 10.1 Å². The summed E-state index contributed by atoms with van der Waals surface area (Å²) in [6, 6.07) is 36.6. The zero-order valence-electron chi connectivity index (χ0n) is 60.3. The van der Waals surface area contributed by atoms with E-state index in [1.54, 1.807) is 0 Å². The molecule has 1 aromatic heterocycles. The molecule has 440 valence electrons. The molecular weight excluding hydrogens is 1050 g/mol. The third-order valence-corrected chi connectivity index (χ3v) is 22.8. The van der Waals surface area contributed by atoms with E-state index < -0.39 is 6.04 Å². The molecule has 0 radical (unpaired) electrons. The van der Waals surface area contributed by atoms with E-state index in [4.69, 9.17) is 1.37 Å². The van der Waals surface area contributed by atoms with Crippen LogP contribution in [0.3, 0.4) is 0 Å². The van der Waals surface area contributed by atoms with Crippen LogP contribution in [0.5, 0.6) is 0 Å². The van der Waals surface area contributed by atoms with Crippen molar-refractivity contribution in [2.45, 2.75) is 233 Å². The summed E-state index contributed by atoms with van der Waals surface area (Å²) in [6.45, 7) is 49.7. The zero-order valence-corrected chi connectivity index (χ0v) is 56.1. The highest BCUT2D eigenvalue weighted by molar-refractivity contribution is 7.33. The molecule has 13 rings (SSSR count). The number of nitrogens with zero attached hydrogens (tertiary/aromatic N) is 3. The zero-order chi connectivity index (χ0) is 65.2. The standard InChI is InChI=1S/C80H96BN3S/c1-72(2,3)49-27-29-53(30-28-49)82(52-25-23-22-24-26-52)56-43-66-69-67(44-56)84(54-31-32-58-59(42-54)76(12,13)34-33-75(58,10)11)70-57-45-60-63(80(20,21)38-35-77(60,14)15)48-68(57)85-71(70)81(69)64-46-61-62(79(18,19)37-36-78(61,16)17)47-65(64)83(66)55-40-50(73(4,5)6)39-51(41-55)74(7,8)9/h22-32,39-48H,33-38H2,1-21H3/i22D,23D,24D,25D,26D. The molecule has 5 heteroatoms. The number of hydrogen-bond acceptors (Lipinski definition) is 4. The number of anilines is 9. The van der Waals surface area contributed by atoms with Crippen molar-refractivity contribution in [2.24, 2.45) is 0 Å². The van der Waals surface area contributed by atoms with Crippen LogP contribution in [0, 0.1) is 0 Å². The summed E-state index contributed by atoms with van der Waals surface area (Å²) in [5.41, 5.74) is 21.7. The lowest BCUT2D eigenvalue weighted by atomic mass is 9.35. The Hall–Kier alpha value is -6.04. The van der Waals surface area contributed by atoms with E-state index >= 15 is 0 Å². The molecule has 0 saturated heterocycles. The Labute approximate surface area is 523 Å². The van der Waals surface area contributed by atoms with Gasteiger partial charge in [-0.1, -0.05) is 194 Å². The van der Waals surface area contributed by atoms with E-state index in [1.807, 2.05) is 16.2 Å². The van der Waals surface area contributed by atoms with Crippen molar-refractivity contribution in [3.05, 3.63) is 177 Å². The van der Waals surface area contributed by atoms with Gasteiger partial charge in [-0.3, -0.25) is 0 Å². The van der Waals surface area contributed by atoms with Gasteiger partial charge in [0.05, 0.1) is 18.2 Å². The maximum absolute atomic E-state index is 9.93. The molecule has 0 bridgehead atoms. The van der Waals surface area contributed by atoms with Gasteiger partial charge in [-0.25, -0.2) is 0 Å². The Morgan fingerprint density at radius 2 is 0.894 bits per heavy atom. The molecule has 8 aromatic rings. The van der Waals surface area contributed by atoms with Crippen molar-refractivity contribution >= 4 is 95.0 Å². The number of thiophene rings is 1. The van der Waals surface area contributed by atoms with Gasteiger partial charge in [0.15, 0.2) is 0 Å². The summed E-state index contributed by atoms with van der Waals surface area (Å²) < 4.78 is 50.1. The smallest absolute Gasteiger partial charge is 0.264 e. The lowest BCUT2D eigenvalue weighted by Crippen LogP contribution is -2.61. The van der Waals surface area contributed by atoms with Gasteiger partial charge in [-0.05, 0) is 227 Å². The first-order valence-electron chi connectivity index (χ1n) is 34.4. The van der Waals surface area contributed by atoms with Crippen LogP contribution < -0.4 is 30.4 Å². The summed E-state index contributed by atoms with van der Waals surface area (Å²) >= 11 is 1.98. The maximum atomic E-state index is 9.93. The SMILES string of the molecule is [2H]c1c([2H])c([2H])c(N(c2ccc(C(C)(C)C)cc2)c2cc3c4c(c2)N(c2ccc5c(c2)C(C)(C)CCC5(C)C)c2c(sc5cc6c(cc25)C(C)(C)CCC6(C)C)B4c2cc4c(cc2N3c2cc(C(C)(C)C)cc(C(C)(C)C)c2)C(C)(C)CCC4(C)C)c([2H])c1[2H]. The first-order chi connectivity index (χ1) is 41.5. The Morgan fingerprint density at radius 3 is 1.42 bits per heavy atom. The van der Waals surface area contributed by atoms with E-state index in [9.17, 15) is 5.48 Å². The molecule has 2 aliphatic heterocycles. The van der Waals surface area contributed by atoms with E-state index in [1.165, 1.54) is 76.0 Å². The Balaban J connectivity index is 1.26. The molecule has 3 nitrogen and oxygen atoms in total. The topological polar surface area (TPSA) is 9.72 Å². The minimum Gasteiger partial charge on any atom is -0.311 e. The average molecular weight is 1150 g/mol. The molecule has 3 heterocycles. The van der Waals surface area contributed by atoms with Crippen molar-refractivity contribution in [2.75, 3.05) is 14.7 Å². The van der Waals surface area contributed by atoms with E-state index in [2.05, 4.69) is 252 Å². The highest BCUT2D eigenvalue weighted by Crippen LogP contribution is 2.57. The third-order valence-electron chi connectivity index (χ3n) is 21.6. The van der Waals surface area contributed by atoms with E-state index in [0.717, 1.165) is 72.5 Å². The summed E-state index contributed by atoms with van der Waals surface area (Å²) in [5.74, 6) is 0. The lowest BCUT2D eigenvalue weighted by Gasteiger charge is -2.48. The summed E-state index contributed by atoms with van der Waals surface area (Å²) in [6.07, 6.45) is 6.54. The lowest BCUT2D eigenvalue weighted by molar-refractivity contribution is 0.332. The molecule has 0 atom stereocenters. The van der Waals surface area contributed by atoms with Crippen LogP contribution in [0.15, 0.2) is 127 Å². The van der Waals surface area contributed by atoms with Crippen molar-refractivity contribution in [3.63, 3.8) is 0 Å². The van der Waals surface area contributed by atoms with Gasteiger partial charge in [0, 0.05) is 54.7 Å². The summed E-state index contributed by atoms with van der Waals surface area (Å²) in [7, 11) is 0. The first kappa shape index (κ1) is 52.1. The minimum absolute atomic E-state index is 0.00797. The number of benzene rings is 7. The van der Waals surface area contributed by atoms with Crippen LogP contribution in [0.1, 0.15) is 241 Å². The summed E-state index contributed by atoms with van der Waals surface area (Å²) in [4.78, 5) is 7.20. The van der Waals surface area contributed by atoms with Crippen LogP contribution in [0.4, 0.5) is 51.2 Å². The molecule has 0 saturated carbocycles. The second-order valence-corrected chi connectivity index (χ2v) is 34.7. The molecular formula is C80H96BN3S. The summed E-state index contributed by atoms with van der Waals surface area (Å²) in [5, 5.41) is 1.26. The van der Waals surface area contributed by atoms with Gasteiger partial charge >= 0.3 is 0 Å². The van der Waals surface area contributed by atoms with E-state index in [0.29, 0.717) is 11.4 Å². The highest BCUT2D eigenvalue weighted by Gasteiger charge is 2.50. The largest absolute Gasteiger partial charge is 0.311 e. The fraction of sp³-hybridized carbons (Fsp3) is 0.450. The molecule has 85 heavy (non-hydrogen) atoms. The Bertz CT molecular complexity index is 4290. The molecule has 0 N–H and O–H groups in total. The fourth-order valence-corrected chi connectivity index (χ4v) is 16.8. The molecule has 0 spiro atoms. The van der Waals surface area contributed by atoms with Gasteiger partial charge in [0.1, 0.15) is 0 Å². The Kier molecular flexibility index (Phi) is 11.5. The average Bonchev–Trinajstić information content (AvgIpc) is 1.23. The molecule has 0 amide bonds. The number of hydrogen-bond donors (Lipinski definition) is 0. The quantitative estimate of drug-likeness (QED) is 0.159. The molecule has 0 fully saturated rings. The van der Waals surface area contributed by atoms with Crippen molar-refractivity contribution in [3.8, 4) is 0 Å². The molecule has 5 aliphatic rings. The molecule has 0 unspecified atom stereocenters. The van der Waals surface area contributed by atoms with Crippen LogP contribution in [-0.2, 0) is 48.7 Å². The van der Waals surface area contributed by atoms with Crippen LogP contribution in [0.2, 0.25) is 0 Å². The van der Waals surface area contributed by atoms with Crippen LogP contribution in [-0.4, -0.2) is 6.71 Å². The molecule has 7 aromatic carbocycles. The second kappa shape index (κ2) is 18.7. The van der Waals surface area contributed by atoms with Crippen LogP contribution >= 0.6 is 11.3 Å². The van der Waals surface area contributed by atoms with Gasteiger partial charge in [-0.2, -0.15) is 0 Å². The van der Waals surface area contributed by atoms with E-state index in [-0.39, 0.29) is 85.3 Å². The minimum atomic E-state index is -0.416. The third kappa shape index (κ3) is 9.30. The predicted molar refractivity (Wildman–Crippen MR) is 372 cm³/mol. The Morgan fingerprint density at radius 1 is 0.424 bits per heavy atom. The number of rotatable bonds is 5. The predicted octanol–water partition coefficient (Wildman–Crippen LogP) is 21.4. The molecule has 3 aliphatic carbocycles. The van der Waals surface area contributed by atoms with Crippen molar-refractivity contribution in [1.29, 1.82) is 0 Å². The highest BCUT2D eigenvalue weighted by atomic mass is 32.1.